The molecule has 2 rings (SSSR count). The fourth-order valence-electron chi connectivity index (χ4n) is 2.19. The fourth-order valence-corrected chi connectivity index (χ4v) is 3.32. The molecular weight excluding hydrogens is 290 g/mol. The number of methoxy groups -OCH3 is 1. The van der Waals surface area contributed by atoms with Gasteiger partial charge in [0.05, 0.1) is 12.8 Å². The minimum atomic E-state index is -0.686. The summed E-state index contributed by atoms with van der Waals surface area (Å²) in [5.74, 6) is 1.91. The summed E-state index contributed by atoms with van der Waals surface area (Å²) in [4.78, 5) is 14.2. The summed E-state index contributed by atoms with van der Waals surface area (Å²) in [5.41, 5.74) is 6.88. The van der Waals surface area contributed by atoms with E-state index in [0.717, 1.165) is 13.1 Å². The highest BCUT2D eigenvalue weighted by Gasteiger charge is 2.16. The Bertz CT molecular complexity index is 526. The molecule has 0 saturated carbocycles. The van der Waals surface area contributed by atoms with Gasteiger partial charge in [0.15, 0.2) is 0 Å². The van der Waals surface area contributed by atoms with Crippen LogP contribution in [0.25, 0.3) is 0 Å². The van der Waals surface area contributed by atoms with Crippen molar-refractivity contribution in [2.75, 3.05) is 49.3 Å². The zero-order valence-electron chi connectivity index (χ0n) is 12.1. The number of anilines is 2. The average molecular weight is 311 g/mol. The van der Waals surface area contributed by atoms with E-state index in [4.69, 9.17) is 10.5 Å². The van der Waals surface area contributed by atoms with Crippen LogP contribution in [0.15, 0.2) is 18.2 Å². The molecule has 0 atom stereocenters. The molecule has 0 aliphatic carbocycles. The summed E-state index contributed by atoms with van der Waals surface area (Å²) in [6.45, 7) is 2.26. The normalized spacial score (nSPS) is 16.6. The first kappa shape index (κ1) is 15.8. The Hall–Kier alpha value is -1.60. The van der Waals surface area contributed by atoms with E-state index in [1.165, 1.54) is 0 Å². The van der Waals surface area contributed by atoms with Crippen LogP contribution in [-0.4, -0.2) is 53.3 Å². The van der Waals surface area contributed by atoms with Crippen molar-refractivity contribution in [1.82, 2.24) is 4.90 Å². The molecule has 21 heavy (non-hydrogen) atoms. The highest BCUT2D eigenvalue weighted by molar-refractivity contribution is 7.85. The number of benzene rings is 1. The second kappa shape index (κ2) is 7.42. The van der Waals surface area contributed by atoms with Crippen LogP contribution in [0, 0.1) is 0 Å². The van der Waals surface area contributed by atoms with Gasteiger partial charge in [0, 0.05) is 54.0 Å². The Labute approximate surface area is 127 Å². The summed E-state index contributed by atoms with van der Waals surface area (Å²) in [5, 5.41) is 2.82. The summed E-state index contributed by atoms with van der Waals surface area (Å²) >= 11 is 0. The summed E-state index contributed by atoms with van der Waals surface area (Å²) in [6.07, 6.45) is 0.393. The zero-order chi connectivity index (χ0) is 15.2. The van der Waals surface area contributed by atoms with Crippen LogP contribution < -0.4 is 15.8 Å². The first-order valence-electron chi connectivity index (χ1n) is 6.89. The van der Waals surface area contributed by atoms with Crippen LogP contribution in [0.4, 0.5) is 11.4 Å². The molecule has 6 nitrogen and oxygen atoms in total. The quantitative estimate of drug-likeness (QED) is 0.781. The average Bonchev–Trinajstić information content (AvgIpc) is 2.47. The molecule has 0 radical (unpaired) electrons. The largest absolute Gasteiger partial charge is 0.495 e. The molecule has 1 aromatic carbocycles. The van der Waals surface area contributed by atoms with Crippen molar-refractivity contribution in [3.63, 3.8) is 0 Å². The lowest BCUT2D eigenvalue weighted by Crippen LogP contribution is -2.39. The molecule has 116 valence electrons. The topological polar surface area (TPSA) is 84.7 Å². The number of amides is 1. The molecule has 1 aliphatic heterocycles. The monoisotopic (exact) mass is 311 g/mol. The van der Waals surface area contributed by atoms with Crippen LogP contribution in [-0.2, 0) is 15.6 Å². The Kier molecular flexibility index (Phi) is 5.58. The number of carbonyl (C=O) groups excluding carboxylic acids is 1. The van der Waals surface area contributed by atoms with Crippen molar-refractivity contribution in [1.29, 1.82) is 0 Å². The number of ether oxygens (including phenoxy) is 1. The SMILES string of the molecule is COc1ccc(N)cc1NC(=O)CCN1CCS(=O)CC1. The van der Waals surface area contributed by atoms with Crippen LogP contribution >= 0.6 is 0 Å². The highest BCUT2D eigenvalue weighted by atomic mass is 32.2. The van der Waals surface area contributed by atoms with Gasteiger partial charge in [0.25, 0.3) is 0 Å². The fraction of sp³-hybridized carbons (Fsp3) is 0.500. The molecule has 1 saturated heterocycles. The van der Waals surface area contributed by atoms with Gasteiger partial charge in [0.1, 0.15) is 5.75 Å². The minimum Gasteiger partial charge on any atom is -0.495 e. The van der Waals surface area contributed by atoms with E-state index in [0.29, 0.717) is 41.6 Å². The summed E-state index contributed by atoms with van der Waals surface area (Å²) in [6, 6.07) is 5.13. The van der Waals surface area contributed by atoms with Crippen LogP contribution in [0.2, 0.25) is 0 Å². The maximum Gasteiger partial charge on any atom is 0.225 e. The number of rotatable bonds is 5. The van der Waals surface area contributed by atoms with Gasteiger partial charge >= 0.3 is 0 Å². The van der Waals surface area contributed by atoms with Gasteiger partial charge in [-0.25, -0.2) is 0 Å². The number of nitrogens with one attached hydrogen (secondary N) is 1. The molecular formula is C14H21N3O3S. The Morgan fingerprint density at radius 1 is 1.43 bits per heavy atom. The number of carbonyl (C=O) groups is 1. The molecule has 1 aliphatic rings. The van der Waals surface area contributed by atoms with E-state index in [9.17, 15) is 9.00 Å². The lowest BCUT2D eigenvalue weighted by atomic mass is 10.2. The summed E-state index contributed by atoms with van der Waals surface area (Å²) < 4.78 is 16.5. The van der Waals surface area contributed by atoms with E-state index in [1.54, 1.807) is 25.3 Å². The number of nitrogens with two attached hydrogens (primary N) is 1. The van der Waals surface area contributed by atoms with Crippen LogP contribution in [0.5, 0.6) is 5.75 Å². The van der Waals surface area contributed by atoms with Crippen molar-refractivity contribution >= 4 is 28.1 Å². The van der Waals surface area contributed by atoms with E-state index in [1.807, 2.05) is 0 Å². The number of hydrogen-bond donors (Lipinski definition) is 2. The molecule has 1 aromatic rings. The van der Waals surface area contributed by atoms with Crippen LogP contribution in [0.3, 0.4) is 0 Å². The van der Waals surface area contributed by atoms with E-state index >= 15 is 0 Å². The first-order valence-corrected chi connectivity index (χ1v) is 8.38. The molecule has 0 bridgehead atoms. The van der Waals surface area contributed by atoms with Crippen molar-refractivity contribution < 1.29 is 13.7 Å². The van der Waals surface area contributed by atoms with E-state index < -0.39 is 10.8 Å². The van der Waals surface area contributed by atoms with Crippen molar-refractivity contribution in [3.8, 4) is 5.75 Å². The van der Waals surface area contributed by atoms with Gasteiger partial charge in [-0.15, -0.1) is 0 Å². The number of hydrogen-bond acceptors (Lipinski definition) is 5. The molecule has 3 N–H and O–H groups in total. The standard InChI is InChI=1S/C14H21N3O3S/c1-20-13-3-2-11(15)10-12(13)16-14(18)4-5-17-6-8-21(19)9-7-17/h2-3,10H,4-9,15H2,1H3,(H,16,18). The molecule has 0 unspecified atom stereocenters. The second-order valence-corrected chi connectivity index (χ2v) is 6.64. The second-order valence-electron chi connectivity index (χ2n) is 4.95. The predicted octanol–water partition coefficient (Wildman–Crippen LogP) is 0.670. The molecule has 1 amide bonds. The third-order valence-corrected chi connectivity index (χ3v) is 4.70. The van der Waals surface area contributed by atoms with Gasteiger partial charge in [-0.1, -0.05) is 0 Å². The van der Waals surface area contributed by atoms with E-state index in [-0.39, 0.29) is 5.91 Å². The lowest BCUT2D eigenvalue weighted by Gasteiger charge is -2.25. The number of nitrogen functional groups attached to an aromatic ring is 1. The zero-order valence-corrected chi connectivity index (χ0v) is 12.9. The van der Waals surface area contributed by atoms with Gasteiger partial charge in [-0.2, -0.15) is 0 Å². The molecule has 1 heterocycles. The maximum absolute atomic E-state index is 12.0. The molecule has 1 fully saturated rings. The van der Waals surface area contributed by atoms with E-state index in [2.05, 4.69) is 10.2 Å². The van der Waals surface area contributed by atoms with Crippen molar-refractivity contribution in [2.24, 2.45) is 0 Å². The highest BCUT2D eigenvalue weighted by Crippen LogP contribution is 2.26. The third-order valence-electron chi connectivity index (χ3n) is 3.42. The van der Waals surface area contributed by atoms with Crippen LogP contribution in [0.1, 0.15) is 6.42 Å². The van der Waals surface area contributed by atoms with Gasteiger partial charge < -0.3 is 20.7 Å². The number of nitrogens with zero attached hydrogens (tertiary/aromatic N) is 1. The molecule has 7 heteroatoms. The smallest absolute Gasteiger partial charge is 0.225 e. The first-order chi connectivity index (χ1) is 10.1. The van der Waals surface area contributed by atoms with Gasteiger partial charge in [-0.05, 0) is 18.2 Å². The third kappa shape index (κ3) is 4.71. The van der Waals surface area contributed by atoms with Gasteiger partial charge in [0.2, 0.25) is 5.91 Å². The Morgan fingerprint density at radius 2 is 2.14 bits per heavy atom. The van der Waals surface area contributed by atoms with Crippen molar-refractivity contribution in [2.45, 2.75) is 6.42 Å². The van der Waals surface area contributed by atoms with Crippen molar-refractivity contribution in [3.05, 3.63) is 18.2 Å². The minimum absolute atomic E-state index is 0.0782. The Balaban J connectivity index is 1.84. The maximum atomic E-state index is 12.0. The Morgan fingerprint density at radius 3 is 2.81 bits per heavy atom. The molecule has 0 spiro atoms. The summed E-state index contributed by atoms with van der Waals surface area (Å²) in [7, 11) is 0.864. The molecule has 0 aromatic heterocycles. The lowest BCUT2D eigenvalue weighted by molar-refractivity contribution is -0.116. The predicted molar refractivity (Wildman–Crippen MR) is 85.0 cm³/mol. The van der Waals surface area contributed by atoms with Gasteiger partial charge in [-0.3, -0.25) is 9.00 Å².